The normalized spacial score (nSPS) is 17.7. The third-order valence-corrected chi connectivity index (χ3v) is 6.63. The first-order chi connectivity index (χ1) is 18.3. The molecular weight excluding hydrogens is 539 g/mol. The first-order valence-electron chi connectivity index (χ1n) is 11.9. The van der Waals surface area contributed by atoms with Crippen molar-refractivity contribution in [1.82, 2.24) is 29.6 Å². The highest BCUT2D eigenvalue weighted by atomic mass is 35.5. The fraction of sp³-hybridized carbons (Fsp3) is 0.455. The first kappa shape index (κ1) is 27.3. The van der Waals surface area contributed by atoms with Crippen LogP contribution in [-0.2, 0) is 13.1 Å². The minimum Gasteiger partial charge on any atom is -0.336 e. The lowest BCUT2D eigenvalue weighted by Crippen LogP contribution is -2.36. The summed E-state index contributed by atoms with van der Waals surface area (Å²) in [5.74, 6) is 0.619. The Morgan fingerprint density at radius 1 is 0.711 bits per heavy atom. The molecule has 0 amide bonds. The number of guanidine groups is 2. The van der Waals surface area contributed by atoms with E-state index in [4.69, 9.17) is 23.2 Å². The quantitative estimate of drug-likeness (QED) is 0.172. The van der Waals surface area contributed by atoms with Crippen LogP contribution < -0.4 is 0 Å². The molecule has 0 atom stereocenters. The Labute approximate surface area is 228 Å². The maximum absolute atomic E-state index is 11.2. The summed E-state index contributed by atoms with van der Waals surface area (Å²) >= 11 is 11.7. The van der Waals surface area contributed by atoms with Gasteiger partial charge < -0.3 is 19.6 Å². The zero-order valence-corrected chi connectivity index (χ0v) is 21.9. The van der Waals surface area contributed by atoms with Gasteiger partial charge in [-0.15, -0.1) is 0 Å². The van der Waals surface area contributed by atoms with E-state index in [1.807, 2.05) is 31.7 Å². The summed E-state index contributed by atoms with van der Waals surface area (Å²) in [7, 11) is 0. The second-order valence-electron chi connectivity index (χ2n) is 8.78. The van der Waals surface area contributed by atoms with Crippen molar-refractivity contribution in [2.75, 3.05) is 39.3 Å². The van der Waals surface area contributed by atoms with E-state index in [-0.39, 0.29) is 0 Å². The largest absolute Gasteiger partial charge is 0.336 e. The van der Waals surface area contributed by atoms with E-state index in [0.717, 1.165) is 24.0 Å². The van der Waals surface area contributed by atoms with E-state index in [9.17, 15) is 20.2 Å². The van der Waals surface area contributed by atoms with Crippen molar-refractivity contribution in [3.8, 4) is 0 Å². The number of hydrazone groups is 2. The van der Waals surface area contributed by atoms with Crippen molar-refractivity contribution in [3.05, 3.63) is 78.3 Å². The Morgan fingerprint density at radius 2 is 1.11 bits per heavy atom. The maximum Gasteiger partial charge on any atom is 0.274 e. The summed E-state index contributed by atoms with van der Waals surface area (Å²) in [4.78, 5) is 38.0. The summed E-state index contributed by atoms with van der Waals surface area (Å²) < 4.78 is 0. The number of rotatable bonds is 11. The summed E-state index contributed by atoms with van der Waals surface area (Å²) in [6.07, 6.45) is 4.72. The van der Waals surface area contributed by atoms with E-state index in [0.29, 0.717) is 74.6 Å². The number of aromatic nitrogens is 2. The Balaban J connectivity index is 1.31. The summed E-state index contributed by atoms with van der Waals surface area (Å²) in [6.45, 7) is 4.39. The lowest BCUT2D eigenvalue weighted by atomic mass is 10.2. The molecule has 2 aliphatic rings. The van der Waals surface area contributed by atoms with Gasteiger partial charge in [0, 0.05) is 64.8 Å². The van der Waals surface area contributed by atoms with E-state index in [1.165, 1.54) is 0 Å². The molecule has 38 heavy (non-hydrogen) atoms. The zero-order valence-electron chi connectivity index (χ0n) is 20.4. The van der Waals surface area contributed by atoms with Gasteiger partial charge in [-0.3, -0.25) is 0 Å². The van der Waals surface area contributed by atoms with Gasteiger partial charge in [0.2, 0.25) is 0 Å². The molecule has 2 aromatic rings. The second kappa shape index (κ2) is 12.6. The van der Waals surface area contributed by atoms with E-state index >= 15 is 0 Å². The standard InChI is InChI=1S/C22H26Cl2N10O4/c23-19-5-3-17(13-25-19)15-31-11-9-29(21(31)27-33(35)36)7-1-2-8-30-10-12-32(22(30)28-34(37)38)16-18-4-6-20(24)26-14-18/h3-6,13-14H,1-2,7-12,15-16H2/b27-21-,28-22+. The molecule has 2 aliphatic heterocycles. The monoisotopic (exact) mass is 564 g/mol. The molecule has 0 aromatic carbocycles. The number of hydrogen-bond donors (Lipinski definition) is 0. The van der Waals surface area contributed by atoms with Gasteiger partial charge in [0.1, 0.15) is 20.5 Å². The predicted octanol–water partition coefficient (Wildman–Crippen LogP) is 2.59. The van der Waals surface area contributed by atoms with E-state index in [2.05, 4.69) is 20.2 Å². The molecule has 2 fully saturated rings. The summed E-state index contributed by atoms with van der Waals surface area (Å²) in [5.41, 5.74) is 1.75. The third-order valence-electron chi connectivity index (χ3n) is 6.18. The number of nitro groups is 2. The highest BCUT2D eigenvalue weighted by Crippen LogP contribution is 2.18. The van der Waals surface area contributed by atoms with Crippen molar-refractivity contribution in [1.29, 1.82) is 0 Å². The number of halogens is 2. The fourth-order valence-electron chi connectivity index (χ4n) is 4.45. The molecule has 4 rings (SSSR count). The lowest BCUT2D eigenvalue weighted by molar-refractivity contribution is -0.486. The van der Waals surface area contributed by atoms with Gasteiger partial charge in [-0.2, -0.15) is 0 Å². The second-order valence-corrected chi connectivity index (χ2v) is 9.55. The van der Waals surface area contributed by atoms with Crippen molar-refractivity contribution in [3.63, 3.8) is 0 Å². The minimum absolute atomic E-state index is 0.310. The molecule has 14 nitrogen and oxygen atoms in total. The molecule has 0 radical (unpaired) electrons. The topological polar surface area (TPSA) is 150 Å². The maximum atomic E-state index is 11.2. The first-order valence-corrected chi connectivity index (χ1v) is 12.7. The number of nitrogens with zero attached hydrogens (tertiary/aromatic N) is 10. The van der Waals surface area contributed by atoms with Gasteiger partial charge in [-0.25, -0.2) is 30.2 Å². The number of pyridine rings is 2. The average molecular weight is 565 g/mol. The predicted molar refractivity (Wildman–Crippen MR) is 141 cm³/mol. The Kier molecular flexibility index (Phi) is 9.07. The lowest BCUT2D eigenvalue weighted by Gasteiger charge is -2.22. The Hall–Kier alpha value is -3.78. The van der Waals surface area contributed by atoms with E-state index < -0.39 is 10.1 Å². The molecule has 0 spiro atoms. The minimum atomic E-state index is -0.684. The molecule has 0 saturated carbocycles. The van der Waals surface area contributed by atoms with Crippen LogP contribution in [0.15, 0.2) is 46.9 Å². The summed E-state index contributed by atoms with van der Waals surface area (Å²) in [6, 6.07) is 7.01. The third kappa shape index (κ3) is 7.38. The molecule has 4 heterocycles. The molecule has 0 unspecified atom stereocenters. The highest BCUT2D eigenvalue weighted by Gasteiger charge is 2.31. The van der Waals surface area contributed by atoms with Crippen LogP contribution in [0.25, 0.3) is 0 Å². The van der Waals surface area contributed by atoms with Gasteiger partial charge in [-0.05, 0) is 36.1 Å². The molecule has 16 heteroatoms. The number of hydrogen-bond acceptors (Lipinski definition) is 6. The van der Waals surface area contributed by atoms with Gasteiger partial charge in [0.05, 0.1) is 0 Å². The molecule has 2 aromatic heterocycles. The SMILES string of the molecule is O=[N+]([O-])/N=C1/N(CCCCN2CCN(Cc3ccc(Cl)nc3)/C2=N/[N+](=O)[O-])CCN1Cc1ccc(Cl)nc1. The van der Waals surface area contributed by atoms with Crippen molar-refractivity contribution in [2.24, 2.45) is 10.2 Å². The van der Waals surface area contributed by atoms with Gasteiger partial charge in [0.25, 0.3) is 11.9 Å². The Morgan fingerprint density at radius 3 is 1.45 bits per heavy atom. The smallest absolute Gasteiger partial charge is 0.274 e. The highest BCUT2D eigenvalue weighted by molar-refractivity contribution is 6.29. The Bertz CT molecular complexity index is 1100. The zero-order chi connectivity index (χ0) is 27.1. The summed E-state index contributed by atoms with van der Waals surface area (Å²) in [5, 5.41) is 29.0. The molecule has 202 valence electrons. The van der Waals surface area contributed by atoms with E-state index in [1.54, 1.807) is 24.5 Å². The number of unbranched alkanes of at least 4 members (excludes halogenated alkanes) is 1. The van der Waals surface area contributed by atoms with Gasteiger partial charge in [-0.1, -0.05) is 35.3 Å². The van der Waals surface area contributed by atoms with Crippen LogP contribution in [0.5, 0.6) is 0 Å². The van der Waals surface area contributed by atoms with Crippen molar-refractivity contribution >= 4 is 35.1 Å². The van der Waals surface area contributed by atoms with Crippen LogP contribution >= 0.6 is 23.2 Å². The van der Waals surface area contributed by atoms with Gasteiger partial charge >= 0.3 is 0 Å². The van der Waals surface area contributed by atoms with Crippen LogP contribution in [0.3, 0.4) is 0 Å². The fourth-order valence-corrected chi connectivity index (χ4v) is 4.67. The molecule has 0 aliphatic carbocycles. The van der Waals surface area contributed by atoms with Crippen LogP contribution in [0, 0.1) is 20.2 Å². The van der Waals surface area contributed by atoms with Gasteiger partial charge in [0.15, 0.2) is 10.1 Å². The molecule has 0 bridgehead atoms. The molecule has 0 N–H and O–H groups in total. The molecule has 2 saturated heterocycles. The van der Waals surface area contributed by atoms with Crippen LogP contribution in [0.1, 0.15) is 24.0 Å². The van der Waals surface area contributed by atoms with Crippen molar-refractivity contribution < 1.29 is 10.1 Å². The van der Waals surface area contributed by atoms with Crippen molar-refractivity contribution in [2.45, 2.75) is 25.9 Å². The van der Waals surface area contributed by atoms with Crippen LogP contribution in [-0.4, -0.2) is 90.8 Å². The average Bonchev–Trinajstić information content (AvgIpc) is 3.42. The van der Waals surface area contributed by atoms with Crippen LogP contribution in [0.4, 0.5) is 0 Å². The molecular formula is C22H26Cl2N10O4. The van der Waals surface area contributed by atoms with Crippen LogP contribution in [0.2, 0.25) is 10.3 Å².